The molecule has 1 saturated heterocycles. The Morgan fingerprint density at radius 2 is 1.29 bits per heavy atom. The van der Waals surface area contributed by atoms with Crippen molar-refractivity contribution in [3.8, 4) is 5.75 Å². The highest BCUT2D eigenvalue weighted by Crippen LogP contribution is 2.61. The SMILES string of the molecule is COc1ccc(NC(=O)COC(=O)[C@@H](C)N2C(=O)[C@@H]3C4c5ccccc5C(c5ccccc54)[C@@H]3C2=O)cc1. The fraction of sp³-hybridized carbons (Fsp3) is 0.267. The van der Waals surface area contributed by atoms with E-state index in [1.54, 1.807) is 31.4 Å². The zero-order chi connectivity index (χ0) is 26.6. The van der Waals surface area contributed by atoms with Gasteiger partial charge in [0.15, 0.2) is 6.61 Å². The Bertz CT molecular complexity index is 1350. The third-order valence-electron chi connectivity index (χ3n) is 7.93. The highest BCUT2D eigenvalue weighted by molar-refractivity contribution is 6.10. The number of hydrogen-bond acceptors (Lipinski definition) is 6. The molecule has 3 aromatic carbocycles. The number of hydrogen-bond donors (Lipinski definition) is 1. The van der Waals surface area contributed by atoms with Crippen LogP contribution in [0.4, 0.5) is 5.69 Å². The van der Waals surface area contributed by atoms with Crippen molar-refractivity contribution in [2.75, 3.05) is 19.0 Å². The molecule has 192 valence electrons. The standard InChI is InChI=1S/C30H26N2O6/c1-16(30(36)38-15-23(33)31-17-11-13-18(37-2)14-12-17)32-28(34)26-24-19-7-3-4-8-20(19)25(27(26)29(32)35)22-10-6-5-9-21(22)24/h3-14,16,24-27H,15H2,1-2H3,(H,31,33)/t16-,24?,25?,26-,27+/m1/s1. The van der Waals surface area contributed by atoms with E-state index in [2.05, 4.69) is 5.32 Å². The summed E-state index contributed by atoms with van der Waals surface area (Å²) < 4.78 is 10.3. The van der Waals surface area contributed by atoms with E-state index in [1.807, 2.05) is 48.5 Å². The number of ether oxygens (including phenoxy) is 2. The number of rotatable bonds is 6. The Hall–Kier alpha value is -4.46. The quantitative estimate of drug-likeness (QED) is 0.403. The first-order valence-electron chi connectivity index (χ1n) is 12.6. The number of nitrogens with one attached hydrogen (secondary N) is 1. The first-order valence-corrected chi connectivity index (χ1v) is 12.6. The maximum absolute atomic E-state index is 13.7. The van der Waals surface area contributed by atoms with Crippen molar-refractivity contribution in [3.05, 3.63) is 95.1 Å². The van der Waals surface area contributed by atoms with Crippen LogP contribution in [0, 0.1) is 11.8 Å². The van der Waals surface area contributed by atoms with Crippen LogP contribution < -0.4 is 10.1 Å². The molecule has 0 spiro atoms. The molecule has 7 rings (SSSR count). The smallest absolute Gasteiger partial charge is 0.329 e. The molecular formula is C30H26N2O6. The van der Waals surface area contributed by atoms with Crippen LogP contribution >= 0.6 is 0 Å². The van der Waals surface area contributed by atoms with Gasteiger partial charge >= 0.3 is 5.97 Å². The van der Waals surface area contributed by atoms with Crippen molar-refractivity contribution in [1.82, 2.24) is 4.90 Å². The molecule has 0 unspecified atom stereocenters. The topological polar surface area (TPSA) is 102 Å². The molecule has 1 fully saturated rings. The summed E-state index contributed by atoms with van der Waals surface area (Å²) in [5.74, 6) is -3.10. The van der Waals surface area contributed by atoms with Gasteiger partial charge in [-0.25, -0.2) is 4.79 Å². The Balaban J connectivity index is 1.19. The third-order valence-corrected chi connectivity index (χ3v) is 7.93. The Kier molecular flexibility index (Phi) is 5.75. The number of esters is 1. The third kappa shape index (κ3) is 3.59. The number of carbonyl (C=O) groups is 4. The van der Waals surface area contributed by atoms with Crippen LogP contribution in [0.2, 0.25) is 0 Å². The van der Waals surface area contributed by atoms with Gasteiger partial charge in [0.1, 0.15) is 11.8 Å². The molecule has 0 saturated carbocycles. The molecule has 8 nitrogen and oxygen atoms in total. The lowest BCUT2D eigenvalue weighted by molar-refractivity contribution is -0.159. The number of anilines is 1. The molecule has 4 aliphatic rings. The van der Waals surface area contributed by atoms with Gasteiger partial charge in [0.25, 0.3) is 5.91 Å². The van der Waals surface area contributed by atoms with Crippen molar-refractivity contribution in [3.63, 3.8) is 0 Å². The molecule has 3 amide bonds. The molecule has 1 N–H and O–H groups in total. The van der Waals surface area contributed by atoms with E-state index < -0.39 is 36.4 Å². The molecular weight excluding hydrogens is 484 g/mol. The second-order valence-electron chi connectivity index (χ2n) is 9.87. The largest absolute Gasteiger partial charge is 0.497 e. The lowest BCUT2D eigenvalue weighted by Crippen LogP contribution is -2.45. The highest BCUT2D eigenvalue weighted by atomic mass is 16.5. The van der Waals surface area contributed by atoms with Crippen molar-refractivity contribution < 1.29 is 28.7 Å². The van der Waals surface area contributed by atoms with Crippen LogP contribution in [-0.4, -0.2) is 48.3 Å². The number of benzene rings is 3. The highest BCUT2D eigenvalue weighted by Gasteiger charge is 2.62. The summed E-state index contributed by atoms with van der Waals surface area (Å²) in [7, 11) is 1.54. The number of carbonyl (C=O) groups excluding carboxylic acids is 4. The summed E-state index contributed by atoms with van der Waals surface area (Å²) in [6, 6.07) is 21.5. The minimum Gasteiger partial charge on any atom is -0.497 e. The number of amides is 3. The molecule has 2 bridgehead atoms. The van der Waals surface area contributed by atoms with Gasteiger partial charge in [-0.2, -0.15) is 0 Å². The first kappa shape index (κ1) is 23.9. The minimum atomic E-state index is -1.15. The van der Waals surface area contributed by atoms with Gasteiger partial charge in [0, 0.05) is 17.5 Å². The molecule has 38 heavy (non-hydrogen) atoms. The molecule has 1 heterocycles. The summed E-state index contributed by atoms with van der Waals surface area (Å²) in [5, 5.41) is 2.64. The zero-order valence-corrected chi connectivity index (χ0v) is 20.9. The van der Waals surface area contributed by atoms with Gasteiger partial charge in [0.05, 0.1) is 18.9 Å². The first-order chi connectivity index (χ1) is 18.4. The van der Waals surface area contributed by atoms with E-state index in [0.717, 1.165) is 27.2 Å². The summed E-state index contributed by atoms with van der Waals surface area (Å²) in [4.78, 5) is 53.8. The summed E-state index contributed by atoms with van der Waals surface area (Å²) >= 11 is 0. The maximum Gasteiger partial charge on any atom is 0.329 e. The van der Waals surface area contributed by atoms with Gasteiger partial charge in [-0.3, -0.25) is 19.3 Å². The Labute approximate surface area is 219 Å². The predicted molar refractivity (Wildman–Crippen MR) is 137 cm³/mol. The van der Waals surface area contributed by atoms with Gasteiger partial charge in [-0.05, 0) is 53.4 Å². The van der Waals surface area contributed by atoms with Gasteiger partial charge in [-0.1, -0.05) is 48.5 Å². The number of imide groups is 1. The van der Waals surface area contributed by atoms with E-state index in [0.29, 0.717) is 11.4 Å². The monoisotopic (exact) mass is 510 g/mol. The zero-order valence-electron chi connectivity index (χ0n) is 20.9. The van der Waals surface area contributed by atoms with E-state index in [-0.39, 0.29) is 23.7 Å². The van der Waals surface area contributed by atoms with Crippen LogP contribution in [0.15, 0.2) is 72.8 Å². The molecule has 0 aromatic heterocycles. The second kappa shape index (κ2) is 9.13. The van der Waals surface area contributed by atoms with Crippen LogP contribution in [-0.2, 0) is 23.9 Å². The average molecular weight is 511 g/mol. The van der Waals surface area contributed by atoms with E-state index in [9.17, 15) is 19.2 Å². The number of likely N-dealkylation sites (tertiary alicyclic amines) is 1. The lowest BCUT2D eigenvalue weighted by Gasteiger charge is -2.45. The normalized spacial score (nSPS) is 23.3. The Morgan fingerprint density at radius 1 is 0.816 bits per heavy atom. The van der Waals surface area contributed by atoms with E-state index in [1.165, 1.54) is 6.92 Å². The van der Waals surface area contributed by atoms with Gasteiger partial charge in [0.2, 0.25) is 11.8 Å². The van der Waals surface area contributed by atoms with Gasteiger partial charge in [-0.15, -0.1) is 0 Å². The van der Waals surface area contributed by atoms with Crippen molar-refractivity contribution in [2.45, 2.75) is 24.8 Å². The van der Waals surface area contributed by atoms with Crippen molar-refractivity contribution in [2.24, 2.45) is 11.8 Å². The molecule has 3 aliphatic carbocycles. The van der Waals surface area contributed by atoms with Crippen LogP contribution in [0.5, 0.6) is 5.75 Å². The predicted octanol–water partition coefficient (Wildman–Crippen LogP) is 3.46. The fourth-order valence-electron chi connectivity index (χ4n) is 6.32. The average Bonchev–Trinajstić information content (AvgIpc) is 3.21. The van der Waals surface area contributed by atoms with Crippen LogP contribution in [0.25, 0.3) is 0 Å². The number of methoxy groups -OCH3 is 1. The van der Waals surface area contributed by atoms with E-state index in [4.69, 9.17) is 9.47 Å². The summed E-state index contributed by atoms with van der Waals surface area (Å²) in [6.07, 6.45) is 0. The summed E-state index contributed by atoms with van der Waals surface area (Å²) in [5.41, 5.74) is 4.76. The fourth-order valence-corrected chi connectivity index (χ4v) is 6.32. The minimum absolute atomic E-state index is 0.252. The summed E-state index contributed by atoms with van der Waals surface area (Å²) in [6.45, 7) is 0.930. The lowest BCUT2D eigenvalue weighted by atomic mass is 9.55. The maximum atomic E-state index is 13.7. The molecule has 0 radical (unpaired) electrons. The Morgan fingerprint density at radius 3 is 1.74 bits per heavy atom. The van der Waals surface area contributed by atoms with Crippen molar-refractivity contribution >= 4 is 29.4 Å². The van der Waals surface area contributed by atoms with Gasteiger partial charge < -0.3 is 14.8 Å². The van der Waals surface area contributed by atoms with Crippen LogP contribution in [0.1, 0.15) is 41.0 Å². The second-order valence-corrected chi connectivity index (χ2v) is 9.87. The molecule has 3 aromatic rings. The van der Waals surface area contributed by atoms with Crippen LogP contribution in [0.3, 0.4) is 0 Å². The van der Waals surface area contributed by atoms with E-state index >= 15 is 0 Å². The molecule has 1 aliphatic heterocycles. The molecule has 3 atom stereocenters. The van der Waals surface area contributed by atoms with Crippen molar-refractivity contribution in [1.29, 1.82) is 0 Å². The molecule has 8 heteroatoms. The number of nitrogens with zero attached hydrogens (tertiary/aromatic N) is 1.